The second-order valence-corrected chi connectivity index (χ2v) is 4.28. The third kappa shape index (κ3) is 2.67. The minimum Gasteiger partial charge on any atom is -0.308 e. The fourth-order valence-corrected chi connectivity index (χ4v) is 1.90. The number of aromatic nitrogens is 1. The fraction of sp³-hybridized carbons (Fsp3) is 0.231. The summed E-state index contributed by atoms with van der Waals surface area (Å²) in [7, 11) is 0. The largest absolute Gasteiger partial charge is 0.308 e. The number of carbonyl (C=O) groups excluding carboxylic acids is 1. The van der Waals surface area contributed by atoms with Gasteiger partial charge in [-0.05, 0) is 19.1 Å². The molecular formula is C13H12N2O4. The molecule has 2 aromatic rings. The number of rotatable bonds is 4. The molecule has 0 fully saturated rings. The molecule has 1 aromatic carbocycles. The van der Waals surface area contributed by atoms with Crippen LogP contribution < -0.4 is 5.56 Å². The van der Waals surface area contributed by atoms with Crippen LogP contribution in [0.3, 0.4) is 0 Å². The van der Waals surface area contributed by atoms with E-state index in [0.717, 1.165) is 0 Å². The quantitative estimate of drug-likeness (QED) is 0.620. The number of nitro groups is 1. The normalized spacial score (nSPS) is 10.6. The van der Waals surface area contributed by atoms with E-state index in [4.69, 9.17) is 0 Å². The molecule has 19 heavy (non-hydrogen) atoms. The minimum absolute atomic E-state index is 0.00850. The van der Waals surface area contributed by atoms with Crippen LogP contribution in [0.4, 0.5) is 5.69 Å². The van der Waals surface area contributed by atoms with E-state index in [-0.39, 0.29) is 30.0 Å². The highest BCUT2D eigenvalue weighted by Gasteiger charge is 2.09. The zero-order valence-corrected chi connectivity index (χ0v) is 10.3. The Hall–Kier alpha value is -2.50. The maximum Gasteiger partial charge on any atom is 0.270 e. The van der Waals surface area contributed by atoms with Crippen LogP contribution in [0.2, 0.25) is 0 Å². The monoisotopic (exact) mass is 260 g/mol. The zero-order chi connectivity index (χ0) is 14.0. The third-order valence-electron chi connectivity index (χ3n) is 2.87. The van der Waals surface area contributed by atoms with Crippen LogP contribution in [0.5, 0.6) is 0 Å². The molecule has 0 N–H and O–H groups in total. The maximum atomic E-state index is 11.8. The van der Waals surface area contributed by atoms with Gasteiger partial charge in [-0.15, -0.1) is 0 Å². The van der Waals surface area contributed by atoms with Gasteiger partial charge in [0.1, 0.15) is 5.78 Å². The molecule has 0 saturated heterocycles. The van der Waals surface area contributed by atoms with Crippen LogP contribution in [0.25, 0.3) is 10.9 Å². The summed E-state index contributed by atoms with van der Waals surface area (Å²) in [5.41, 5.74) is 0.353. The molecule has 0 atom stereocenters. The molecule has 1 heterocycles. The summed E-state index contributed by atoms with van der Waals surface area (Å²) in [6.45, 7) is 1.74. The predicted molar refractivity (Wildman–Crippen MR) is 70.2 cm³/mol. The zero-order valence-electron chi connectivity index (χ0n) is 10.3. The van der Waals surface area contributed by atoms with Crippen molar-refractivity contribution in [2.75, 3.05) is 0 Å². The summed E-state index contributed by atoms with van der Waals surface area (Å²) < 4.78 is 1.46. The van der Waals surface area contributed by atoms with E-state index in [2.05, 4.69) is 0 Å². The van der Waals surface area contributed by atoms with Gasteiger partial charge in [-0.25, -0.2) is 0 Å². The SMILES string of the molecule is CC(=O)CCn1c(=O)ccc2cc([N+](=O)[O-])ccc21. The van der Waals surface area contributed by atoms with Gasteiger partial charge in [-0.3, -0.25) is 19.7 Å². The number of non-ortho nitro benzene ring substituents is 1. The third-order valence-corrected chi connectivity index (χ3v) is 2.87. The van der Waals surface area contributed by atoms with Crippen molar-refractivity contribution in [3.05, 3.63) is 50.8 Å². The average molecular weight is 260 g/mol. The van der Waals surface area contributed by atoms with Crippen LogP contribution in [0, 0.1) is 10.1 Å². The first-order valence-electron chi connectivity index (χ1n) is 5.76. The number of Topliss-reactive ketones (excluding diaryl/α,β-unsaturated/α-hetero) is 1. The number of pyridine rings is 1. The topological polar surface area (TPSA) is 82.2 Å². The smallest absolute Gasteiger partial charge is 0.270 e. The molecule has 0 radical (unpaired) electrons. The van der Waals surface area contributed by atoms with E-state index in [0.29, 0.717) is 10.9 Å². The molecule has 6 nitrogen and oxygen atoms in total. The van der Waals surface area contributed by atoms with Crippen LogP contribution in [0.1, 0.15) is 13.3 Å². The van der Waals surface area contributed by atoms with E-state index >= 15 is 0 Å². The molecular weight excluding hydrogens is 248 g/mol. The lowest BCUT2D eigenvalue weighted by atomic mass is 10.2. The summed E-state index contributed by atoms with van der Waals surface area (Å²) in [6, 6.07) is 7.21. The molecule has 6 heteroatoms. The number of nitro benzene ring substituents is 1. The number of nitrogens with zero attached hydrogens (tertiary/aromatic N) is 2. The van der Waals surface area contributed by atoms with E-state index in [1.54, 1.807) is 6.07 Å². The number of hydrogen-bond acceptors (Lipinski definition) is 4. The van der Waals surface area contributed by atoms with Gasteiger partial charge in [-0.2, -0.15) is 0 Å². The number of fused-ring (bicyclic) bond motifs is 1. The van der Waals surface area contributed by atoms with Crippen LogP contribution in [-0.4, -0.2) is 15.3 Å². The molecule has 0 aliphatic carbocycles. The summed E-state index contributed by atoms with van der Waals surface area (Å²) in [4.78, 5) is 33.0. The van der Waals surface area contributed by atoms with Gasteiger partial charge < -0.3 is 4.57 Å². The van der Waals surface area contributed by atoms with E-state index < -0.39 is 4.92 Å². The van der Waals surface area contributed by atoms with Gasteiger partial charge in [-0.1, -0.05) is 0 Å². The van der Waals surface area contributed by atoms with Crippen molar-refractivity contribution in [3.8, 4) is 0 Å². The molecule has 1 aromatic heterocycles. The summed E-state index contributed by atoms with van der Waals surface area (Å²) in [5, 5.41) is 11.3. The van der Waals surface area contributed by atoms with E-state index in [1.165, 1.54) is 35.8 Å². The fourth-order valence-electron chi connectivity index (χ4n) is 1.90. The van der Waals surface area contributed by atoms with Gasteiger partial charge in [0.25, 0.3) is 11.2 Å². The lowest BCUT2D eigenvalue weighted by Gasteiger charge is -2.08. The second-order valence-electron chi connectivity index (χ2n) is 4.28. The Morgan fingerprint density at radius 1 is 1.32 bits per heavy atom. The van der Waals surface area contributed by atoms with Crippen molar-refractivity contribution >= 4 is 22.4 Å². The average Bonchev–Trinajstić information content (AvgIpc) is 2.36. The molecule has 98 valence electrons. The van der Waals surface area contributed by atoms with Gasteiger partial charge >= 0.3 is 0 Å². The standard InChI is InChI=1S/C13H12N2O4/c1-9(16)6-7-14-12-4-3-11(15(18)19)8-10(12)2-5-13(14)17/h2-5,8H,6-7H2,1H3. The Morgan fingerprint density at radius 2 is 2.05 bits per heavy atom. The van der Waals surface area contributed by atoms with Crippen LogP contribution in [0.15, 0.2) is 35.1 Å². The highest BCUT2D eigenvalue weighted by molar-refractivity contribution is 5.81. The Kier molecular flexibility index (Phi) is 3.41. The van der Waals surface area contributed by atoms with E-state index in [1.807, 2.05) is 0 Å². The minimum atomic E-state index is -0.482. The first-order valence-corrected chi connectivity index (χ1v) is 5.76. The van der Waals surface area contributed by atoms with Crippen molar-refractivity contribution in [1.29, 1.82) is 0 Å². The highest BCUT2D eigenvalue weighted by Crippen LogP contribution is 2.19. The first-order chi connectivity index (χ1) is 8.99. The Balaban J connectivity index is 2.56. The number of benzene rings is 1. The number of carbonyl (C=O) groups is 1. The van der Waals surface area contributed by atoms with Crippen molar-refractivity contribution in [1.82, 2.24) is 4.57 Å². The second kappa shape index (κ2) is 5.01. The maximum absolute atomic E-state index is 11.8. The summed E-state index contributed by atoms with van der Waals surface area (Å²) in [6.07, 6.45) is 0.260. The molecule has 0 unspecified atom stereocenters. The number of aryl methyl sites for hydroxylation is 1. The summed E-state index contributed by atoms with van der Waals surface area (Å²) >= 11 is 0. The van der Waals surface area contributed by atoms with Gasteiger partial charge in [0.2, 0.25) is 0 Å². The Bertz CT molecular complexity index is 718. The molecule has 0 aliphatic heterocycles. The molecule has 0 amide bonds. The van der Waals surface area contributed by atoms with Crippen LogP contribution in [-0.2, 0) is 11.3 Å². The first kappa shape index (κ1) is 12.9. The van der Waals surface area contributed by atoms with Crippen molar-refractivity contribution in [2.45, 2.75) is 19.9 Å². The lowest BCUT2D eigenvalue weighted by molar-refractivity contribution is -0.384. The summed E-state index contributed by atoms with van der Waals surface area (Å²) in [5.74, 6) is -0.00850. The number of hydrogen-bond donors (Lipinski definition) is 0. The highest BCUT2D eigenvalue weighted by atomic mass is 16.6. The van der Waals surface area contributed by atoms with Crippen LogP contribution >= 0.6 is 0 Å². The molecule has 0 saturated carbocycles. The predicted octanol–water partition coefficient (Wildman–Crippen LogP) is 1.89. The van der Waals surface area contributed by atoms with Gasteiger partial charge in [0, 0.05) is 36.6 Å². The van der Waals surface area contributed by atoms with Gasteiger partial charge in [0.15, 0.2) is 0 Å². The molecule has 2 rings (SSSR count). The molecule has 0 aliphatic rings. The lowest BCUT2D eigenvalue weighted by Crippen LogP contribution is -2.20. The molecule has 0 bridgehead atoms. The number of ketones is 1. The van der Waals surface area contributed by atoms with Crippen molar-refractivity contribution < 1.29 is 9.72 Å². The van der Waals surface area contributed by atoms with Gasteiger partial charge in [0.05, 0.1) is 10.4 Å². The van der Waals surface area contributed by atoms with Crippen molar-refractivity contribution in [3.63, 3.8) is 0 Å². The Morgan fingerprint density at radius 3 is 2.68 bits per heavy atom. The van der Waals surface area contributed by atoms with E-state index in [9.17, 15) is 19.7 Å². The Labute approximate surface area is 108 Å². The molecule has 0 spiro atoms. The van der Waals surface area contributed by atoms with Crippen molar-refractivity contribution in [2.24, 2.45) is 0 Å².